The molecule has 0 bridgehead atoms. The van der Waals surface area contributed by atoms with Crippen molar-refractivity contribution in [1.29, 1.82) is 5.26 Å². The highest BCUT2D eigenvalue weighted by Crippen LogP contribution is 2.22. The Balaban J connectivity index is 1.95. The number of hydrogen-bond donors (Lipinski definition) is 2. The molecule has 3 rings (SSSR count). The summed E-state index contributed by atoms with van der Waals surface area (Å²) in [6.45, 7) is 4.80. The summed E-state index contributed by atoms with van der Waals surface area (Å²) in [5.74, 6) is 1.15. The van der Waals surface area contributed by atoms with E-state index in [1.807, 2.05) is 36.4 Å². The fourth-order valence-corrected chi connectivity index (χ4v) is 2.74. The Labute approximate surface area is 170 Å². The van der Waals surface area contributed by atoms with Crippen molar-refractivity contribution in [2.45, 2.75) is 20.3 Å². The number of carbonyl (C=O) groups is 1. The van der Waals surface area contributed by atoms with E-state index in [4.69, 9.17) is 0 Å². The van der Waals surface area contributed by atoms with Crippen LogP contribution in [0.5, 0.6) is 0 Å². The molecule has 6 nitrogen and oxygen atoms in total. The minimum absolute atomic E-state index is 0.248. The number of carbonyl (C=O) groups excluding carboxylic acids is 1. The molecule has 2 N–H and O–H groups in total. The van der Waals surface area contributed by atoms with Crippen molar-refractivity contribution in [3.8, 4) is 17.5 Å². The molecule has 0 saturated heterocycles. The lowest BCUT2D eigenvalue weighted by Gasteiger charge is -2.12. The molecule has 0 aliphatic heterocycles. The summed E-state index contributed by atoms with van der Waals surface area (Å²) in [4.78, 5) is 21.7. The summed E-state index contributed by atoms with van der Waals surface area (Å²) in [5, 5.41) is 15.4. The molecule has 1 aromatic heterocycles. The monoisotopic (exact) mass is 385 g/mol. The number of nitrogens with zero attached hydrogens (tertiary/aromatic N) is 3. The van der Waals surface area contributed by atoms with Crippen LogP contribution in [-0.4, -0.2) is 22.4 Å². The lowest BCUT2D eigenvalue weighted by molar-refractivity contribution is 0.0947. The lowest BCUT2D eigenvalue weighted by atomic mass is 10.1. The second kappa shape index (κ2) is 9.47. The van der Waals surface area contributed by atoms with Crippen LogP contribution in [-0.2, 0) is 0 Å². The average Bonchev–Trinajstić information content (AvgIpc) is 2.74. The Morgan fingerprint density at radius 2 is 1.79 bits per heavy atom. The van der Waals surface area contributed by atoms with E-state index in [2.05, 4.69) is 40.5 Å². The fourth-order valence-electron chi connectivity index (χ4n) is 2.74. The highest BCUT2D eigenvalue weighted by atomic mass is 16.1. The third-order valence-electron chi connectivity index (χ3n) is 4.31. The van der Waals surface area contributed by atoms with E-state index in [0.29, 0.717) is 35.4 Å². The molecule has 0 spiro atoms. The highest BCUT2D eigenvalue weighted by molar-refractivity contribution is 5.93. The number of nitrogens with one attached hydrogen (secondary N) is 2. The zero-order valence-corrected chi connectivity index (χ0v) is 16.5. The van der Waals surface area contributed by atoms with Gasteiger partial charge < -0.3 is 10.6 Å². The minimum atomic E-state index is -0.248. The van der Waals surface area contributed by atoms with Gasteiger partial charge in [0.2, 0.25) is 0 Å². The van der Waals surface area contributed by atoms with Gasteiger partial charge in [0.05, 0.1) is 11.3 Å². The van der Waals surface area contributed by atoms with Crippen molar-refractivity contribution in [3.63, 3.8) is 0 Å². The third-order valence-corrected chi connectivity index (χ3v) is 4.31. The molecule has 0 unspecified atom stereocenters. The standard InChI is InChI=1S/C23H23N5O/c1-16(2)12-13-25-23(29)20-14-21(26-19-11-7-6-10-18(19)15-24)28-22(27-20)17-8-4-3-5-9-17/h3-11,14,16H,12-13H2,1-2H3,(H,25,29)(H,26,27,28). The average molecular weight is 385 g/mol. The largest absolute Gasteiger partial charge is 0.351 e. The first-order valence-electron chi connectivity index (χ1n) is 9.55. The van der Waals surface area contributed by atoms with Crippen molar-refractivity contribution in [2.75, 3.05) is 11.9 Å². The number of hydrogen-bond acceptors (Lipinski definition) is 5. The van der Waals surface area contributed by atoms with Crippen molar-refractivity contribution < 1.29 is 4.79 Å². The van der Waals surface area contributed by atoms with Gasteiger partial charge in [-0.05, 0) is 24.5 Å². The molecule has 0 radical (unpaired) electrons. The van der Waals surface area contributed by atoms with E-state index < -0.39 is 0 Å². The van der Waals surface area contributed by atoms with E-state index in [1.165, 1.54) is 0 Å². The number of benzene rings is 2. The van der Waals surface area contributed by atoms with E-state index in [9.17, 15) is 10.1 Å². The number of para-hydroxylation sites is 1. The zero-order valence-electron chi connectivity index (χ0n) is 16.5. The topological polar surface area (TPSA) is 90.7 Å². The molecule has 0 fully saturated rings. The molecular weight excluding hydrogens is 362 g/mol. The molecule has 0 aliphatic carbocycles. The van der Waals surface area contributed by atoms with Crippen LogP contribution >= 0.6 is 0 Å². The van der Waals surface area contributed by atoms with Crippen LogP contribution in [0.4, 0.5) is 11.5 Å². The lowest BCUT2D eigenvalue weighted by Crippen LogP contribution is -2.26. The number of aromatic nitrogens is 2. The Morgan fingerprint density at radius 3 is 2.52 bits per heavy atom. The van der Waals surface area contributed by atoms with Gasteiger partial charge in [-0.3, -0.25) is 4.79 Å². The van der Waals surface area contributed by atoms with E-state index in [0.717, 1.165) is 12.0 Å². The molecule has 1 heterocycles. The van der Waals surface area contributed by atoms with Crippen molar-refractivity contribution in [2.24, 2.45) is 5.92 Å². The second-order valence-corrected chi connectivity index (χ2v) is 7.05. The summed E-state index contributed by atoms with van der Waals surface area (Å²) in [7, 11) is 0. The van der Waals surface area contributed by atoms with Crippen molar-refractivity contribution in [3.05, 3.63) is 71.9 Å². The minimum Gasteiger partial charge on any atom is -0.351 e. The molecule has 3 aromatic rings. The summed E-state index contributed by atoms with van der Waals surface area (Å²) in [5.41, 5.74) is 2.20. The van der Waals surface area contributed by atoms with Crippen LogP contribution in [0.1, 0.15) is 36.3 Å². The summed E-state index contributed by atoms with van der Waals surface area (Å²) in [6.07, 6.45) is 0.892. The maximum Gasteiger partial charge on any atom is 0.270 e. The number of amides is 1. The first-order chi connectivity index (χ1) is 14.1. The van der Waals surface area contributed by atoms with E-state index in [-0.39, 0.29) is 11.6 Å². The molecular formula is C23H23N5O. The second-order valence-electron chi connectivity index (χ2n) is 7.05. The molecule has 0 saturated carbocycles. The quantitative estimate of drug-likeness (QED) is 0.623. The molecule has 146 valence electrons. The normalized spacial score (nSPS) is 10.4. The number of nitriles is 1. The van der Waals surface area contributed by atoms with Crippen LogP contribution in [0.3, 0.4) is 0 Å². The maximum atomic E-state index is 12.7. The van der Waals surface area contributed by atoms with Crippen LogP contribution < -0.4 is 10.6 Å². The molecule has 6 heteroatoms. The first-order valence-corrected chi connectivity index (χ1v) is 9.55. The molecule has 1 amide bonds. The SMILES string of the molecule is CC(C)CCNC(=O)c1cc(Nc2ccccc2C#N)nc(-c2ccccc2)n1. The van der Waals surface area contributed by atoms with Crippen LogP contribution in [0.15, 0.2) is 60.7 Å². The zero-order chi connectivity index (χ0) is 20.6. The van der Waals surface area contributed by atoms with Gasteiger partial charge in [-0.25, -0.2) is 9.97 Å². The van der Waals surface area contributed by atoms with E-state index in [1.54, 1.807) is 24.3 Å². The Hall–Kier alpha value is -3.72. The predicted molar refractivity (Wildman–Crippen MR) is 114 cm³/mol. The van der Waals surface area contributed by atoms with Gasteiger partial charge in [-0.15, -0.1) is 0 Å². The van der Waals surface area contributed by atoms with Crippen LogP contribution in [0.25, 0.3) is 11.4 Å². The number of rotatable bonds is 7. The molecule has 0 atom stereocenters. The number of anilines is 2. The van der Waals surface area contributed by atoms with Gasteiger partial charge in [0.25, 0.3) is 5.91 Å². The Bertz CT molecular complexity index is 1020. The maximum absolute atomic E-state index is 12.7. The van der Waals surface area contributed by atoms with Crippen LogP contribution in [0, 0.1) is 17.2 Å². The summed E-state index contributed by atoms with van der Waals surface area (Å²) < 4.78 is 0. The Morgan fingerprint density at radius 1 is 1.07 bits per heavy atom. The van der Waals surface area contributed by atoms with Gasteiger partial charge in [-0.2, -0.15) is 5.26 Å². The van der Waals surface area contributed by atoms with Gasteiger partial charge >= 0.3 is 0 Å². The van der Waals surface area contributed by atoms with E-state index >= 15 is 0 Å². The van der Waals surface area contributed by atoms with Crippen molar-refractivity contribution >= 4 is 17.4 Å². The fraction of sp³-hybridized carbons (Fsp3) is 0.217. The molecule has 0 aliphatic rings. The summed E-state index contributed by atoms with van der Waals surface area (Å²) >= 11 is 0. The van der Waals surface area contributed by atoms with Gasteiger partial charge in [0.1, 0.15) is 17.6 Å². The summed E-state index contributed by atoms with van der Waals surface area (Å²) in [6, 6.07) is 20.4. The van der Waals surface area contributed by atoms with Gasteiger partial charge in [-0.1, -0.05) is 56.3 Å². The first kappa shape index (κ1) is 20.0. The molecule has 2 aromatic carbocycles. The Kier molecular flexibility index (Phi) is 6.54. The predicted octanol–water partition coefficient (Wildman–Crippen LogP) is 4.53. The van der Waals surface area contributed by atoms with Crippen LogP contribution in [0.2, 0.25) is 0 Å². The third kappa shape index (κ3) is 5.39. The van der Waals surface area contributed by atoms with Gasteiger partial charge in [0.15, 0.2) is 5.82 Å². The smallest absolute Gasteiger partial charge is 0.270 e. The van der Waals surface area contributed by atoms with Crippen molar-refractivity contribution in [1.82, 2.24) is 15.3 Å². The highest BCUT2D eigenvalue weighted by Gasteiger charge is 2.14. The van der Waals surface area contributed by atoms with Gasteiger partial charge in [0, 0.05) is 18.2 Å². The molecule has 29 heavy (non-hydrogen) atoms.